The molecular weight excluding hydrogens is 584 g/mol. The molecule has 1 saturated heterocycles. The molecule has 1 aromatic heterocycles. The van der Waals surface area contributed by atoms with Gasteiger partial charge in [0.2, 0.25) is 11.8 Å². The highest BCUT2D eigenvalue weighted by atomic mass is 32.1. The monoisotopic (exact) mass is 632 g/mol. The summed E-state index contributed by atoms with van der Waals surface area (Å²) in [5.74, 6) is -0.789. The average Bonchev–Trinajstić information content (AvgIpc) is 3.60. The van der Waals surface area contributed by atoms with Crippen LogP contribution in [0.4, 0.5) is 0 Å². The summed E-state index contributed by atoms with van der Waals surface area (Å²) in [6.45, 7) is 10.4. The highest BCUT2D eigenvalue weighted by Gasteiger charge is 2.44. The zero-order chi connectivity index (χ0) is 32.1. The molecular formula is C32H48N4O7S. The van der Waals surface area contributed by atoms with Gasteiger partial charge in [0.1, 0.15) is 6.04 Å². The van der Waals surface area contributed by atoms with E-state index in [-0.39, 0.29) is 50.0 Å². The second-order valence-electron chi connectivity index (χ2n) is 12.1. The van der Waals surface area contributed by atoms with Crippen molar-refractivity contribution in [2.45, 2.75) is 71.6 Å². The van der Waals surface area contributed by atoms with Crippen molar-refractivity contribution in [1.29, 1.82) is 0 Å². The number of nitrogens with one attached hydrogen (secondary N) is 1. The molecule has 44 heavy (non-hydrogen) atoms. The van der Waals surface area contributed by atoms with E-state index in [1.807, 2.05) is 58.2 Å². The van der Waals surface area contributed by atoms with Crippen molar-refractivity contribution in [3.8, 4) is 10.4 Å². The van der Waals surface area contributed by atoms with Gasteiger partial charge in [-0.25, -0.2) is 4.37 Å². The number of hydrogen-bond acceptors (Lipinski definition) is 10. The van der Waals surface area contributed by atoms with Gasteiger partial charge in [-0.3, -0.25) is 14.4 Å². The standard InChI is InChI=1S/C32H48N4O7S/c1-22-20-34-44-29(22)24-8-5-23(6-9-24)7-10-27(38)26-19-25(37)21-36(26)31(40)30(32(2,3)4)35-28(39)11-13-41-15-17-43-18-16-42-14-12-33/h5-6,8-9,20,25-26,30,37H,7,10-19,21,33H2,1-4H3,(H,35,39)/t25-,26+,30-/m1/s1. The number of carbonyl (C=O) groups is 3. The van der Waals surface area contributed by atoms with Crippen LogP contribution < -0.4 is 11.1 Å². The molecule has 2 amide bonds. The van der Waals surface area contributed by atoms with Crippen LogP contribution in [0.25, 0.3) is 10.4 Å². The lowest BCUT2D eigenvalue weighted by molar-refractivity contribution is -0.143. The molecule has 3 atom stereocenters. The Bertz CT molecular complexity index is 1200. The van der Waals surface area contributed by atoms with Crippen molar-refractivity contribution in [1.82, 2.24) is 14.6 Å². The maximum absolute atomic E-state index is 13.8. The number of nitrogens with two attached hydrogens (primary N) is 1. The number of aryl methyl sites for hydroxylation is 2. The molecule has 244 valence electrons. The molecule has 4 N–H and O–H groups in total. The molecule has 0 unspecified atom stereocenters. The van der Waals surface area contributed by atoms with Crippen molar-refractivity contribution >= 4 is 29.1 Å². The Labute approximate surface area is 264 Å². The Morgan fingerprint density at radius 2 is 1.68 bits per heavy atom. The van der Waals surface area contributed by atoms with Crippen LogP contribution in [0.1, 0.15) is 51.2 Å². The first-order chi connectivity index (χ1) is 21.0. The van der Waals surface area contributed by atoms with Crippen LogP contribution in [0.15, 0.2) is 30.5 Å². The van der Waals surface area contributed by atoms with Gasteiger partial charge in [0.15, 0.2) is 5.78 Å². The van der Waals surface area contributed by atoms with Crippen molar-refractivity contribution in [2.75, 3.05) is 52.7 Å². The summed E-state index contributed by atoms with van der Waals surface area (Å²) in [5.41, 5.74) is 7.98. The number of likely N-dealkylation sites (tertiary alicyclic amines) is 1. The SMILES string of the molecule is Cc1cnsc1-c1ccc(CCC(=O)[C@@H]2C[C@@H](O)CN2C(=O)[C@@H](NC(=O)CCOCCOCCOCCN)C(C)(C)C)cc1. The third kappa shape index (κ3) is 11.0. The summed E-state index contributed by atoms with van der Waals surface area (Å²) in [6.07, 6.45) is 2.09. The minimum absolute atomic E-state index is 0.0565. The summed E-state index contributed by atoms with van der Waals surface area (Å²) in [5, 5.41) is 13.3. The maximum atomic E-state index is 13.8. The van der Waals surface area contributed by atoms with Gasteiger partial charge < -0.3 is 35.3 Å². The number of hydrogen-bond donors (Lipinski definition) is 3. The van der Waals surface area contributed by atoms with Crippen molar-refractivity contribution < 1.29 is 33.7 Å². The summed E-state index contributed by atoms with van der Waals surface area (Å²) < 4.78 is 20.4. The highest BCUT2D eigenvalue weighted by molar-refractivity contribution is 7.09. The van der Waals surface area contributed by atoms with Crippen LogP contribution in [0.2, 0.25) is 0 Å². The van der Waals surface area contributed by atoms with Crippen molar-refractivity contribution in [3.63, 3.8) is 0 Å². The minimum atomic E-state index is -0.866. The normalized spacial score (nSPS) is 17.5. The smallest absolute Gasteiger partial charge is 0.246 e. The number of aromatic nitrogens is 1. The molecule has 0 spiro atoms. The Kier molecular flexibility index (Phi) is 14.4. The topological polar surface area (TPSA) is 153 Å². The first-order valence-corrected chi connectivity index (χ1v) is 16.0. The number of ether oxygens (including phenoxy) is 3. The fraction of sp³-hybridized carbons (Fsp3) is 0.625. The summed E-state index contributed by atoms with van der Waals surface area (Å²) >= 11 is 1.46. The molecule has 1 aliphatic rings. The quantitative estimate of drug-likeness (QED) is 0.211. The zero-order valence-corrected chi connectivity index (χ0v) is 27.2. The van der Waals surface area contributed by atoms with Crippen LogP contribution in [-0.2, 0) is 35.0 Å². The molecule has 12 heteroatoms. The van der Waals surface area contributed by atoms with E-state index in [9.17, 15) is 19.5 Å². The molecule has 0 saturated carbocycles. The van der Waals surface area contributed by atoms with Crippen molar-refractivity contribution in [2.24, 2.45) is 11.1 Å². The maximum Gasteiger partial charge on any atom is 0.246 e. The van der Waals surface area contributed by atoms with E-state index >= 15 is 0 Å². The number of Topliss-reactive ketones (excluding diaryl/α,β-unsaturated/α-hetero) is 1. The number of nitrogens with zero attached hydrogens (tertiary/aromatic N) is 2. The predicted molar refractivity (Wildman–Crippen MR) is 169 cm³/mol. The molecule has 11 nitrogen and oxygen atoms in total. The van der Waals surface area contributed by atoms with E-state index in [4.69, 9.17) is 19.9 Å². The lowest BCUT2D eigenvalue weighted by atomic mass is 9.85. The third-order valence-electron chi connectivity index (χ3n) is 7.46. The Morgan fingerprint density at radius 3 is 2.27 bits per heavy atom. The number of benzene rings is 1. The number of aliphatic hydroxyl groups is 1. The molecule has 0 aliphatic carbocycles. The van der Waals surface area contributed by atoms with Gasteiger partial charge in [-0.05, 0) is 47.0 Å². The van der Waals surface area contributed by atoms with Gasteiger partial charge in [0, 0.05) is 38.5 Å². The van der Waals surface area contributed by atoms with Crippen LogP contribution in [0.3, 0.4) is 0 Å². The third-order valence-corrected chi connectivity index (χ3v) is 8.41. The number of ketones is 1. The number of rotatable bonds is 18. The Hall–Kier alpha value is -2.74. The fourth-order valence-electron chi connectivity index (χ4n) is 5.03. The van der Waals surface area contributed by atoms with Crippen LogP contribution in [0, 0.1) is 12.3 Å². The number of β-amino-alcohol motifs (C(OH)–C–C–N with tert-alkyl or cyclic N) is 1. The number of amides is 2. The van der Waals surface area contributed by atoms with Gasteiger partial charge >= 0.3 is 0 Å². The highest BCUT2D eigenvalue weighted by Crippen LogP contribution is 2.29. The second kappa shape index (κ2) is 17.7. The van der Waals surface area contributed by atoms with Gasteiger partial charge in [-0.1, -0.05) is 45.0 Å². The largest absolute Gasteiger partial charge is 0.391 e. The van der Waals surface area contributed by atoms with Gasteiger partial charge in [0.25, 0.3) is 0 Å². The summed E-state index contributed by atoms with van der Waals surface area (Å²) in [6, 6.07) is 6.49. The van der Waals surface area contributed by atoms with Crippen LogP contribution >= 0.6 is 11.5 Å². The second-order valence-corrected chi connectivity index (χ2v) is 12.9. The molecule has 0 radical (unpaired) electrons. The predicted octanol–water partition coefficient (Wildman–Crippen LogP) is 2.51. The van der Waals surface area contributed by atoms with E-state index in [0.29, 0.717) is 46.0 Å². The van der Waals surface area contributed by atoms with Gasteiger partial charge in [0.05, 0.1) is 56.7 Å². The van der Waals surface area contributed by atoms with E-state index in [1.54, 1.807) is 0 Å². The molecule has 2 aromatic rings. The van der Waals surface area contributed by atoms with Gasteiger partial charge in [-0.15, -0.1) is 0 Å². The molecule has 3 rings (SSSR count). The first kappa shape index (κ1) is 35.7. The van der Waals surface area contributed by atoms with E-state index < -0.39 is 23.6 Å². The molecule has 0 bridgehead atoms. The van der Waals surface area contributed by atoms with Gasteiger partial charge in [-0.2, -0.15) is 0 Å². The summed E-state index contributed by atoms with van der Waals surface area (Å²) in [4.78, 5) is 42.5. The van der Waals surface area contributed by atoms with Crippen LogP contribution in [-0.4, -0.2) is 103 Å². The van der Waals surface area contributed by atoms with E-state index in [2.05, 4.69) is 9.69 Å². The van der Waals surface area contributed by atoms with Crippen LogP contribution in [0.5, 0.6) is 0 Å². The molecule has 1 aliphatic heterocycles. The van der Waals surface area contributed by atoms with Crippen molar-refractivity contribution in [3.05, 3.63) is 41.6 Å². The lowest BCUT2D eigenvalue weighted by Gasteiger charge is -2.35. The lowest BCUT2D eigenvalue weighted by Crippen LogP contribution is -2.56. The first-order valence-electron chi connectivity index (χ1n) is 15.3. The van der Waals surface area contributed by atoms with E-state index in [0.717, 1.165) is 21.6 Å². The molecule has 1 aromatic carbocycles. The number of carbonyl (C=O) groups excluding carboxylic acids is 3. The zero-order valence-electron chi connectivity index (χ0n) is 26.4. The van der Waals surface area contributed by atoms with E-state index in [1.165, 1.54) is 16.4 Å². The summed E-state index contributed by atoms with van der Waals surface area (Å²) in [7, 11) is 0. The molecule has 1 fully saturated rings. The Morgan fingerprint density at radius 1 is 1.05 bits per heavy atom. The fourth-order valence-corrected chi connectivity index (χ4v) is 5.78. The Balaban J connectivity index is 1.49. The minimum Gasteiger partial charge on any atom is -0.391 e. The average molecular weight is 633 g/mol. The number of aliphatic hydroxyl groups excluding tert-OH is 1. The molecule has 2 heterocycles.